The highest BCUT2D eigenvalue weighted by Crippen LogP contribution is 2.22. The predicted molar refractivity (Wildman–Crippen MR) is 105 cm³/mol. The van der Waals surface area contributed by atoms with Gasteiger partial charge in [-0.3, -0.25) is 19.8 Å². The molecule has 1 fully saturated rings. The van der Waals surface area contributed by atoms with Crippen molar-refractivity contribution in [1.29, 1.82) is 0 Å². The number of carboxylic acids is 1. The van der Waals surface area contributed by atoms with Gasteiger partial charge in [0.25, 0.3) is 0 Å². The first-order chi connectivity index (χ1) is 13.9. The van der Waals surface area contributed by atoms with Crippen molar-refractivity contribution in [3.8, 4) is 0 Å². The smallest absolute Gasteiger partial charge is 0.413 e. The van der Waals surface area contributed by atoms with Crippen molar-refractivity contribution in [2.75, 3.05) is 25.0 Å². The fraction of sp³-hybridized carbons (Fsp3) is 0.529. The van der Waals surface area contributed by atoms with Crippen LogP contribution in [0.1, 0.15) is 39.4 Å². The SMILES string of the molecule is CCN1CCN(C(=O)NC(C(=O)O)c2csc(NC(=O)OC(C)(C)C)n2)C(=O)C1=O. The molecule has 1 atom stereocenters. The number of hydrogen-bond acceptors (Lipinski definition) is 8. The fourth-order valence-electron chi connectivity index (χ4n) is 2.50. The van der Waals surface area contributed by atoms with E-state index in [0.717, 1.165) is 11.3 Å². The highest BCUT2D eigenvalue weighted by Gasteiger charge is 2.37. The predicted octanol–water partition coefficient (Wildman–Crippen LogP) is 1.02. The Kier molecular flexibility index (Phi) is 6.97. The van der Waals surface area contributed by atoms with E-state index in [2.05, 4.69) is 15.6 Å². The van der Waals surface area contributed by atoms with Gasteiger partial charge in [-0.1, -0.05) is 0 Å². The van der Waals surface area contributed by atoms with Crippen molar-refractivity contribution >= 4 is 46.4 Å². The molecule has 0 aliphatic carbocycles. The van der Waals surface area contributed by atoms with E-state index in [1.165, 1.54) is 10.3 Å². The molecule has 1 unspecified atom stereocenters. The zero-order chi connectivity index (χ0) is 22.6. The second kappa shape index (κ2) is 9.07. The lowest BCUT2D eigenvalue weighted by Crippen LogP contribution is -2.58. The van der Waals surface area contributed by atoms with E-state index in [4.69, 9.17) is 4.74 Å². The van der Waals surface area contributed by atoms with E-state index in [1.807, 2.05) is 0 Å². The van der Waals surface area contributed by atoms with Crippen LogP contribution in [0.25, 0.3) is 0 Å². The second-order valence-electron chi connectivity index (χ2n) is 7.27. The molecular formula is C17H23N5O7S. The number of thiazole rings is 1. The Morgan fingerprint density at radius 2 is 1.93 bits per heavy atom. The number of carbonyl (C=O) groups excluding carboxylic acids is 4. The molecule has 0 spiro atoms. The molecule has 30 heavy (non-hydrogen) atoms. The standard InChI is InChI=1S/C17H23N5O7S/c1-5-21-6-7-22(12(24)11(21)23)15(27)19-10(13(25)26)9-8-30-14(18-9)20-16(28)29-17(2,3)4/h8,10H,5-7H2,1-4H3,(H,19,27)(H,25,26)(H,18,20,28). The molecule has 0 saturated carbocycles. The lowest BCUT2D eigenvalue weighted by Gasteiger charge is -2.32. The third-order valence-electron chi connectivity index (χ3n) is 3.88. The normalized spacial score (nSPS) is 15.6. The zero-order valence-corrected chi connectivity index (χ0v) is 17.7. The number of likely N-dealkylation sites (N-methyl/N-ethyl adjacent to an activating group) is 1. The highest BCUT2D eigenvalue weighted by molar-refractivity contribution is 7.13. The third-order valence-corrected chi connectivity index (χ3v) is 4.65. The topological polar surface area (TPSA) is 158 Å². The van der Waals surface area contributed by atoms with Crippen molar-refractivity contribution in [3.05, 3.63) is 11.1 Å². The zero-order valence-electron chi connectivity index (χ0n) is 16.9. The number of amides is 5. The van der Waals surface area contributed by atoms with Gasteiger partial charge in [-0.2, -0.15) is 0 Å². The second-order valence-corrected chi connectivity index (χ2v) is 8.12. The number of anilines is 1. The van der Waals surface area contributed by atoms with Crippen LogP contribution >= 0.6 is 11.3 Å². The van der Waals surface area contributed by atoms with Crippen LogP contribution in [0.3, 0.4) is 0 Å². The molecule has 1 aromatic rings. The Morgan fingerprint density at radius 3 is 2.50 bits per heavy atom. The largest absolute Gasteiger partial charge is 0.479 e. The summed E-state index contributed by atoms with van der Waals surface area (Å²) < 4.78 is 5.09. The number of rotatable bonds is 5. The van der Waals surface area contributed by atoms with Crippen LogP contribution in [0.15, 0.2) is 5.38 Å². The molecular weight excluding hydrogens is 418 g/mol. The monoisotopic (exact) mass is 441 g/mol. The number of carboxylic acid groups (broad SMARTS) is 1. The molecule has 5 amide bonds. The summed E-state index contributed by atoms with van der Waals surface area (Å²) in [7, 11) is 0. The number of nitrogens with zero attached hydrogens (tertiary/aromatic N) is 3. The first kappa shape index (κ1) is 23.1. The lowest BCUT2D eigenvalue weighted by atomic mass is 10.2. The molecule has 1 aliphatic heterocycles. The molecule has 1 aliphatic rings. The van der Waals surface area contributed by atoms with E-state index < -0.39 is 41.6 Å². The summed E-state index contributed by atoms with van der Waals surface area (Å²) in [6.45, 7) is 7.18. The Bertz CT molecular complexity index is 863. The van der Waals surface area contributed by atoms with Crippen LogP contribution < -0.4 is 10.6 Å². The molecule has 2 heterocycles. The summed E-state index contributed by atoms with van der Waals surface area (Å²) in [5.74, 6) is -3.29. The van der Waals surface area contributed by atoms with Gasteiger partial charge in [0.05, 0.1) is 5.69 Å². The number of ether oxygens (including phenoxy) is 1. The van der Waals surface area contributed by atoms with Gasteiger partial charge >= 0.3 is 29.9 Å². The van der Waals surface area contributed by atoms with Crippen LogP contribution in [0.5, 0.6) is 0 Å². The van der Waals surface area contributed by atoms with E-state index in [9.17, 15) is 29.1 Å². The van der Waals surface area contributed by atoms with Gasteiger partial charge in [-0.05, 0) is 27.7 Å². The summed E-state index contributed by atoms with van der Waals surface area (Å²) in [5, 5.41) is 15.5. The molecule has 0 aromatic carbocycles. The number of urea groups is 1. The van der Waals surface area contributed by atoms with Crippen molar-refractivity contribution in [3.63, 3.8) is 0 Å². The molecule has 1 saturated heterocycles. The number of aliphatic carboxylic acids is 1. The Morgan fingerprint density at radius 1 is 1.27 bits per heavy atom. The van der Waals surface area contributed by atoms with Crippen LogP contribution in [0.2, 0.25) is 0 Å². The number of imide groups is 1. The van der Waals surface area contributed by atoms with Crippen molar-refractivity contribution in [2.24, 2.45) is 0 Å². The van der Waals surface area contributed by atoms with Crippen LogP contribution in [0, 0.1) is 0 Å². The highest BCUT2D eigenvalue weighted by atomic mass is 32.1. The minimum absolute atomic E-state index is 0.0564. The van der Waals surface area contributed by atoms with E-state index in [-0.39, 0.29) is 23.9 Å². The first-order valence-corrected chi connectivity index (χ1v) is 9.90. The van der Waals surface area contributed by atoms with Gasteiger partial charge in [0, 0.05) is 25.0 Å². The number of carbonyl (C=O) groups is 5. The van der Waals surface area contributed by atoms with Crippen LogP contribution in [-0.2, 0) is 19.1 Å². The summed E-state index contributed by atoms with van der Waals surface area (Å²) >= 11 is 0.937. The molecule has 13 heteroatoms. The molecule has 164 valence electrons. The number of hydrogen-bond donors (Lipinski definition) is 3. The van der Waals surface area contributed by atoms with Gasteiger partial charge in [-0.15, -0.1) is 11.3 Å². The first-order valence-electron chi connectivity index (χ1n) is 9.02. The maximum atomic E-state index is 12.4. The molecule has 3 N–H and O–H groups in total. The Hall–Kier alpha value is -3.22. The third kappa shape index (κ3) is 5.65. The number of aromatic nitrogens is 1. The van der Waals surface area contributed by atoms with Crippen LogP contribution in [-0.4, -0.2) is 75.0 Å². The Labute approximate surface area is 176 Å². The van der Waals surface area contributed by atoms with E-state index in [0.29, 0.717) is 11.4 Å². The van der Waals surface area contributed by atoms with E-state index in [1.54, 1.807) is 27.7 Å². The summed E-state index contributed by atoms with van der Waals surface area (Å²) in [4.78, 5) is 65.9. The van der Waals surface area contributed by atoms with Gasteiger partial charge in [0.1, 0.15) is 5.60 Å². The minimum Gasteiger partial charge on any atom is -0.479 e. The molecule has 0 bridgehead atoms. The molecule has 2 rings (SSSR count). The quantitative estimate of drug-likeness (QED) is 0.571. The molecule has 1 aromatic heterocycles. The van der Waals surface area contributed by atoms with Crippen molar-refractivity contribution in [2.45, 2.75) is 39.3 Å². The minimum atomic E-state index is -1.59. The van der Waals surface area contributed by atoms with Gasteiger partial charge in [0.2, 0.25) is 0 Å². The van der Waals surface area contributed by atoms with Gasteiger partial charge in [0.15, 0.2) is 11.2 Å². The average molecular weight is 441 g/mol. The van der Waals surface area contributed by atoms with Crippen molar-refractivity contribution < 1.29 is 33.8 Å². The lowest BCUT2D eigenvalue weighted by molar-refractivity contribution is -0.153. The van der Waals surface area contributed by atoms with Gasteiger partial charge < -0.3 is 20.1 Å². The molecule has 0 radical (unpaired) electrons. The molecule has 12 nitrogen and oxygen atoms in total. The number of piperazine rings is 1. The fourth-order valence-corrected chi connectivity index (χ4v) is 3.22. The summed E-state index contributed by atoms with van der Waals surface area (Å²) in [6, 6.07) is -2.61. The maximum absolute atomic E-state index is 12.4. The number of nitrogens with one attached hydrogen (secondary N) is 2. The van der Waals surface area contributed by atoms with Crippen molar-refractivity contribution in [1.82, 2.24) is 20.1 Å². The summed E-state index contributed by atoms with van der Waals surface area (Å²) in [6.07, 6.45) is -0.766. The van der Waals surface area contributed by atoms with Gasteiger partial charge in [-0.25, -0.2) is 19.4 Å². The maximum Gasteiger partial charge on any atom is 0.413 e. The van der Waals surface area contributed by atoms with E-state index >= 15 is 0 Å². The van der Waals surface area contributed by atoms with Crippen LogP contribution in [0.4, 0.5) is 14.7 Å². The summed E-state index contributed by atoms with van der Waals surface area (Å²) in [5.41, 5.74) is -0.786. The average Bonchev–Trinajstić information content (AvgIpc) is 3.07. The Balaban J connectivity index is 2.08.